The molecule has 0 aliphatic heterocycles. The van der Waals surface area contributed by atoms with E-state index in [4.69, 9.17) is 9.47 Å². The maximum Gasteiger partial charge on any atom is 0.229 e. The molecule has 0 unspecified atom stereocenters. The first kappa shape index (κ1) is 20.4. The quantitative estimate of drug-likeness (QED) is 0.594. The second-order valence-corrected chi connectivity index (χ2v) is 7.81. The summed E-state index contributed by atoms with van der Waals surface area (Å²) >= 11 is 0. The number of carbonyl (C=O) groups excluding carboxylic acids is 1. The number of para-hydroxylation sites is 2. The summed E-state index contributed by atoms with van der Waals surface area (Å²) in [6.45, 7) is 7.61. The molecule has 1 aromatic heterocycles. The zero-order chi connectivity index (χ0) is 21.0. The van der Waals surface area contributed by atoms with Gasteiger partial charge in [-0.05, 0) is 24.6 Å². The standard InChI is InChI=1S/C24H26N2O3/c1-16-10-8-12-18(22(16)29-20-14-6-7-15-25-20)17-11-9-13-19(28-5)21(17)26-23(27)24(2,3)4/h6-15H,1-5H3,(H,26,27). The van der Waals surface area contributed by atoms with Crippen LogP contribution >= 0.6 is 0 Å². The van der Waals surface area contributed by atoms with Crippen molar-refractivity contribution in [1.29, 1.82) is 0 Å². The fourth-order valence-corrected chi connectivity index (χ4v) is 2.87. The van der Waals surface area contributed by atoms with Gasteiger partial charge in [0.25, 0.3) is 0 Å². The van der Waals surface area contributed by atoms with Gasteiger partial charge in [-0.1, -0.05) is 57.2 Å². The summed E-state index contributed by atoms with van der Waals surface area (Å²) < 4.78 is 11.7. The molecule has 150 valence electrons. The van der Waals surface area contributed by atoms with Crippen molar-refractivity contribution in [3.8, 4) is 28.5 Å². The molecule has 2 aromatic carbocycles. The van der Waals surface area contributed by atoms with Gasteiger partial charge in [0.1, 0.15) is 11.5 Å². The Balaban J connectivity index is 2.14. The summed E-state index contributed by atoms with van der Waals surface area (Å²) in [5.41, 5.74) is 2.70. The molecule has 0 atom stereocenters. The molecule has 1 heterocycles. The molecule has 0 aliphatic rings. The van der Waals surface area contributed by atoms with Gasteiger partial charge in [-0.25, -0.2) is 4.98 Å². The lowest BCUT2D eigenvalue weighted by molar-refractivity contribution is -0.123. The molecule has 0 spiro atoms. The highest BCUT2D eigenvalue weighted by atomic mass is 16.5. The highest BCUT2D eigenvalue weighted by Crippen LogP contribution is 2.43. The topological polar surface area (TPSA) is 60.5 Å². The van der Waals surface area contributed by atoms with Gasteiger partial charge in [-0.15, -0.1) is 0 Å². The number of methoxy groups -OCH3 is 1. The Morgan fingerprint density at radius 1 is 0.966 bits per heavy atom. The molecule has 3 rings (SSSR count). The van der Waals surface area contributed by atoms with Gasteiger partial charge in [0, 0.05) is 28.8 Å². The van der Waals surface area contributed by atoms with Crippen LogP contribution in [-0.2, 0) is 4.79 Å². The maximum atomic E-state index is 12.7. The Hall–Kier alpha value is -3.34. The number of aryl methyl sites for hydroxylation is 1. The molecular formula is C24H26N2O3. The van der Waals surface area contributed by atoms with Gasteiger partial charge in [0.05, 0.1) is 12.8 Å². The van der Waals surface area contributed by atoms with Crippen molar-refractivity contribution >= 4 is 11.6 Å². The summed E-state index contributed by atoms with van der Waals surface area (Å²) in [4.78, 5) is 17.0. The molecule has 0 fully saturated rings. The van der Waals surface area contributed by atoms with Crippen molar-refractivity contribution in [1.82, 2.24) is 4.98 Å². The highest BCUT2D eigenvalue weighted by Gasteiger charge is 2.25. The summed E-state index contributed by atoms with van der Waals surface area (Å²) in [6, 6.07) is 17.1. The van der Waals surface area contributed by atoms with E-state index in [9.17, 15) is 4.79 Å². The summed E-state index contributed by atoms with van der Waals surface area (Å²) in [5, 5.41) is 3.04. The third kappa shape index (κ3) is 4.57. The van der Waals surface area contributed by atoms with Crippen LogP contribution in [-0.4, -0.2) is 18.0 Å². The average Bonchev–Trinajstić information content (AvgIpc) is 2.70. The number of ether oxygens (including phenoxy) is 2. The number of benzene rings is 2. The van der Waals surface area contributed by atoms with Gasteiger partial charge < -0.3 is 14.8 Å². The third-order valence-electron chi connectivity index (χ3n) is 4.51. The molecule has 0 saturated heterocycles. The third-order valence-corrected chi connectivity index (χ3v) is 4.51. The van der Waals surface area contributed by atoms with Gasteiger partial charge in [0.15, 0.2) is 0 Å². The SMILES string of the molecule is COc1cccc(-c2cccc(C)c2Oc2ccccn2)c1NC(=O)C(C)(C)C. The molecule has 0 aliphatic carbocycles. The van der Waals surface area contributed by atoms with Gasteiger partial charge in [-0.2, -0.15) is 0 Å². The second-order valence-electron chi connectivity index (χ2n) is 7.81. The number of pyridine rings is 1. The predicted octanol–water partition coefficient (Wildman–Crippen LogP) is 5.84. The highest BCUT2D eigenvalue weighted by molar-refractivity contribution is 6.00. The Bertz CT molecular complexity index is 1010. The number of hydrogen-bond donors (Lipinski definition) is 1. The zero-order valence-corrected chi connectivity index (χ0v) is 17.4. The van der Waals surface area contributed by atoms with E-state index >= 15 is 0 Å². The Morgan fingerprint density at radius 2 is 1.69 bits per heavy atom. The predicted molar refractivity (Wildman–Crippen MR) is 116 cm³/mol. The van der Waals surface area contributed by atoms with E-state index in [1.165, 1.54) is 0 Å². The van der Waals surface area contributed by atoms with E-state index in [1.807, 2.05) is 82.3 Å². The van der Waals surface area contributed by atoms with Crippen molar-refractivity contribution < 1.29 is 14.3 Å². The van der Waals surface area contributed by atoms with Crippen molar-refractivity contribution in [2.24, 2.45) is 5.41 Å². The number of nitrogens with one attached hydrogen (secondary N) is 1. The second kappa shape index (κ2) is 8.35. The average molecular weight is 390 g/mol. The molecule has 0 saturated carbocycles. The number of anilines is 1. The van der Waals surface area contributed by atoms with Crippen LogP contribution < -0.4 is 14.8 Å². The minimum absolute atomic E-state index is 0.0944. The van der Waals surface area contributed by atoms with Crippen LogP contribution in [0.2, 0.25) is 0 Å². The number of aromatic nitrogens is 1. The lowest BCUT2D eigenvalue weighted by Gasteiger charge is -2.22. The van der Waals surface area contributed by atoms with Gasteiger partial charge >= 0.3 is 0 Å². The van der Waals surface area contributed by atoms with Crippen LogP contribution in [0.25, 0.3) is 11.1 Å². The molecule has 5 heteroatoms. The van der Waals surface area contributed by atoms with E-state index in [0.717, 1.165) is 16.7 Å². The molecule has 29 heavy (non-hydrogen) atoms. The van der Waals surface area contributed by atoms with Crippen molar-refractivity contribution in [3.05, 3.63) is 66.4 Å². The zero-order valence-electron chi connectivity index (χ0n) is 17.4. The van der Waals surface area contributed by atoms with Crippen LogP contribution in [0.3, 0.4) is 0 Å². The molecule has 3 aromatic rings. The summed E-state index contributed by atoms with van der Waals surface area (Å²) in [5.74, 6) is 1.69. The number of amides is 1. The first-order chi connectivity index (χ1) is 13.8. The normalized spacial score (nSPS) is 11.1. The Labute approximate surface area is 171 Å². The van der Waals surface area contributed by atoms with E-state index in [0.29, 0.717) is 23.1 Å². The maximum absolute atomic E-state index is 12.7. The molecule has 0 radical (unpaired) electrons. The molecule has 5 nitrogen and oxygen atoms in total. The first-order valence-corrected chi connectivity index (χ1v) is 9.48. The van der Waals surface area contributed by atoms with E-state index < -0.39 is 5.41 Å². The Morgan fingerprint density at radius 3 is 2.34 bits per heavy atom. The van der Waals surface area contributed by atoms with E-state index in [-0.39, 0.29) is 5.91 Å². The van der Waals surface area contributed by atoms with Crippen LogP contribution in [0, 0.1) is 12.3 Å². The summed E-state index contributed by atoms with van der Waals surface area (Å²) in [7, 11) is 1.59. The van der Waals surface area contributed by atoms with E-state index in [2.05, 4.69) is 10.3 Å². The molecule has 0 bridgehead atoms. The fraction of sp³-hybridized carbons (Fsp3) is 0.250. The van der Waals surface area contributed by atoms with Crippen molar-refractivity contribution in [2.45, 2.75) is 27.7 Å². The monoisotopic (exact) mass is 390 g/mol. The number of carbonyl (C=O) groups is 1. The van der Waals surface area contributed by atoms with Crippen LogP contribution in [0.5, 0.6) is 17.4 Å². The minimum atomic E-state index is -0.544. The lowest BCUT2D eigenvalue weighted by Crippen LogP contribution is -2.28. The molecular weight excluding hydrogens is 364 g/mol. The van der Waals surface area contributed by atoms with Gasteiger partial charge in [0.2, 0.25) is 11.8 Å². The number of rotatable bonds is 5. The number of nitrogens with zero attached hydrogens (tertiary/aromatic N) is 1. The van der Waals surface area contributed by atoms with Crippen LogP contribution in [0.15, 0.2) is 60.8 Å². The van der Waals surface area contributed by atoms with Crippen LogP contribution in [0.1, 0.15) is 26.3 Å². The molecule has 1 N–H and O–H groups in total. The van der Waals surface area contributed by atoms with Gasteiger partial charge in [-0.3, -0.25) is 4.79 Å². The lowest BCUT2D eigenvalue weighted by atomic mass is 9.94. The van der Waals surface area contributed by atoms with Crippen LogP contribution in [0.4, 0.5) is 5.69 Å². The fourth-order valence-electron chi connectivity index (χ4n) is 2.87. The minimum Gasteiger partial charge on any atom is -0.495 e. The largest absolute Gasteiger partial charge is 0.495 e. The number of hydrogen-bond acceptors (Lipinski definition) is 4. The van der Waals surface area contributed by atoms with Crippen molar-refractivity contribution in [3.63, 3.8) is 0 Å². The van der Waals surface area contributed by atoms with E-state index in [1.54, 1.807) is 13.3 Å². The first-order valence-electron chi connectivity index (χ1n) is 9.48. The molecule has 1 amide bonds. The Kier molecular flexibility index (Phi) is 5.87. The summed E-state index contributed by atoms with van der Waals surface area (Å²) in [6.07, 6.45) is 1.69. The smallest absolute Gasteiger partial charge is 0.229 e. The van der Waals surface area contributed by atoms with Crippen molar-refractivity contribution in [2.75, 3.05) is 12.4 Å².